The Hall–Kier alpha value is -3.21. The lowest BCUT2D eigenvalue weighted by atomic mass is 9.84. The number of benzene rings is 1. The van der Waals surface area contributed by atoms with Gasteiger partial charge in [-0.3, -0.25) is 4.98 Å². The summed E-state index contributed by atoms with van der Waals surface area (Å²) in [5.41, 5.74) is 14.5. The van der Waals surface area contributed by atoms with Crippen molar-refractivity contribution in [1.29, 1.82) is 0 Å². The van der Waals surface area contributed by atoms with E-state index in [9.17, 15) is 0 Å². The van der Waals surface area contributed by atoms with Crippen LogP contribution in [0.1, 0.15) is 42.1 Å². The fraction of sp³-hybridized carbons (Fsp3) is 0.333. The van der Waals surface area contributed by atoms with Gasteiger partial charge in [-0.15, -0.1) is 5.10 Å². The molecule has 3 aromatic heterocycles. The molecule has 1 fully saturated rings. The minimum atomic E-state index is 0.309. The molecule has 3 N–H and O–H groups in total. The van der Waals surface area contributed by atoms with Gasteiger partial charge in [-0.25, -0.2) is 4.98 Å². The van der Waals surface area contributed by atoms with Gasteiger partial charge >= 0.3 is 0 Å². The Morgan fingerprint density at radius 1 is 1.03 bits per heavy atom. The van der Waals surface area contributed by atoms with Crippen LogP contribution < -0.4 is 16.0 Å². The summed E-state index contributed by atoms with van der Waals surface area (Å²) in [5.74, 6) is 1.93. The summed E-state index contributed by atoms with van der Waals surface area (Å²) in [4.78, 5) is 16.8. The van der Waals surface area contributed by atoms with Gasteiger partial charge in [-0.2, -0.15) is 9.67 Å². The number of rotatable bonds is 4. The number of aryl methyl sites for hydroxylation is 1. The second-order valence-corrected chi connectivity index (χ2v) is 11.7. The predicted molar refractivity (Wildman–Crippen MR) is 151 cm³/mol. The smallest absolute Gasteiger partial charge is 0.248 e. The average molecular weight is 590 g/mol. The topological polar surface area (TPSA) is 97.8 Å². The highest BCUT2D eigenvalue weighted by Gasteiger charge is 2.35. The third-order valence-electron chi connectivity index (χ3n) is 7.59. The SMILES string of the molecule is Nc1nc(Nc2cnc3c(c2)CC(I)CC3)nn1-c1cc(-c2ccccc2)c2c(n1)C1CCN2CC1. The molecular weight excluding hydrogens is 563 g/mol. The molecule has 1 aliphatic carbocycles. The van der Waals surface area contributed by atoms with E-state index in [-0.39, 0.29) is 0 Å². The Morgan fingerprint density at radius 3 is 2.69 bits per heavy atom. The number of hydrogen-bond acceptors (Lipinski definition) is 7. The number of nitrogen functional groups attached to an aromatic ring is 1. The number of aromatic nitrogens is 5. The molecule has 1 saturated heterocycles. The van der Waals surface area contributed by atoms with Crippen molar-refractivity contribution >= 4 is 45.9 Å². The van der Waals surface area contributed by atoms with Crippen LogP contribution in [0, 0.1) is 0 Å². The van der Waals surface area contributed by atoms with Gasteiger partial charge in [0.25, 0.3) is 0 Å². The molecule has 3 aliphatic heterocycles. The molecule has 0 spiro atoms. The molecular formula is C27H27IN8. The number of hydrogen-bond donors (Lipinski definition) is 2. The number of nitrogens with two attached hydrogens (primary N) is 1. The van der Waals surface area contributed by atoms with Crippen LogP contribution in [0.3, 0.4) is 0 Å². The van der Waals surface area contributed by atoms with E-state index in [1.807, 2.05) is 12.3 Å². The van der Waals surface area contributed by atoms with Crippen LogP contribution >= 0.6 is 22.6 Å². The molecule has 0 saturated carbocycles. The van der Waals surface area contributed by atoms with Crippen LogP contribution in [0.25, 0.3) is 16.9 Å². The third-order valence-corrected chi connectivity index (χ3v) is 8.65. The first-order chi connectivity index (χ1) is 17.6. The van der Waals surface area contributed by atoms with Gasteiger partial charge in [-0.1, -0.05) is 52.9 Å². The minimum absolute atomic E-state index is 0.309. The highest BCUT2D eigenvalue weighted by Crippen LogP contribution is 2.46. The lowest BCUT2D eigenvalue weighted by Gasteiger charge is -2.42. The van der Waals surface area contributed by atoms with Crippen molar-refractivity contribution in [3.05, 3.63) is 65.6 Å². The first-order valence-electron chi connectivity index (χ1n) is 12.6. The quantitative estimate of drug-likeness (QED) is 0.254. The summed E-state index contributed by atoms with van der Waals surface area (Å²) >= 11 is 2.53. The second-order valence-electron chi connectivity index (χ2n) is 9.89. The number of alkyl halides is 1. The van der Waals surface area contributed by atoms with Crippen molar-refractivity contribution in [2.75, 3.05) is 29.0 Å². The van der Waals surface area contributed by atoms with E-state index in [0.29, 0.717) is 27.6 Å². The van der Waals surface area contributed by atoms with Crippen LogP contribution in [0.2, 0.25) is 0 Å². The highest BCUT2D eigenvalue weighted by atomic mass is 127. The normalized spacial score (nSPS) is 18.7. The lowest BCUT2D eigenvalue weighted by Crippen LogP contribution is -2.40. The summed E-state index contributed by atoms with van der Waals surface area (Å²) in [5, 5.41) is 8.02. The highest BCUT2D eigenvalue weighted by molar-refractivity contribution is 14.1. The van der Waals surface area contributed by atoms with Crippen molar-refractivity contribution in [3.8, 4) is 16.9 Å². The summed E-state index contributed by atoms with van der Waals surface area (Å²) in [6.07, 6.45) is 7.41. The van der Waals surface area contributed by atoms with Crippen molar-refractivity contribution in [2.24, 2.45) is 0 Å². The number of piperidine rings is 1. The van der Waals surface area contributed by atoms with Gasteiger partial charge in [0.2, 0.25) is 11.9 Å². The van der Waals surface area contributed by atoms with Crippen molar-refractivity contribution < 1.29 is 0 Å². The number of fused-ring (bicyclic) bond motifs is 3. The van der Waals surface area contributed by atoms with E-state index in [1.54, 1.807) is 4.68 Å². The van der Waals surface area contributed by atoms with Crippen molar-refractivity contribution in [3.63, 3.8) is 0 Å². The van der Waals surface area contributed by atoms with Crippen LogP contribution in [0.15, 0.2) is 48.7 Å². The Morgan fingerprint density at radius 2 is 1.86 bits per heavy atom. The largest absolute Gasteiger partial charge is 0.370 e. The number of nitrogens with one attached hydrogen (secondary N) is 1. The van der Waals surface area contributed by atoms with Gasteiger partial charge in [0.15, 0.2) is 5.82 Å². The predicted octanol–water partition coefficient (Wildman–Crippen LogP) is 5.04. The number of pyridine rings is 2. The maximum Gasteiger partial charge on any atom is 0.248 e. The first-order valence-corrected chi connectivity index (χ1v) is 13.8. The maximum atomic E-state index is 6.38. The van der Waals surface area contributed by atoms with E-state index in [4.69, 9.17) is 15.8 Å². The van der Waals surface area contributed by atoms with Crippen molar-refractivity contribution in [2.45, 2.75) is 41.9 Å². The van der Waals surface area contributed by atoms with E-state index in [2.05, 4.69) is 79.2 Å². The number of halogens is 1. The number of nitrogens with zero attached hydrogens (tertiary/aromatic N) is 6. The summed E-state index contributed by atoms with van der Waals surface area (Å²) in [6, 6.07) is 14.8. The first kappa shape index (κ1) is 22.0. The third kappa shape index (κ3) is 3.80. The Labute approximate surface area is 223 Å². The molecule has 1 unspecified atom stereocenters. The molecule has 9 heteroatoms. The fourth-order valence-electron chi connectivity index (χ4n) is 5.80. The van der Waals surface area contributed by atoms with E-state index < -0.39 is 0 Å². The molecule has 8 nitrogen and oxygen atoms in total. The zero-order chi connectivity index (χ0) is 24.2. The molecule has 0 radical (unpaired) electrons. The molecule has 1 atom stereocenters. The maximum absolute atomic E-state index is 6.38. The van der Waals surface area contributed by atoms with Gasteiger partial charge < -0.3 is 16.0 Å². The molecule has 8 rings (SSSR count). The average Bonchev–Trinajstić information content (AvgIpc) is 3.28. The molecule has 4 aliphatic rings. The van der Waals surface area contributed by atoms with Gasteiger partial charge in [-0.05, 0) is 55.4 Å². The standard InChI is InChI=1S/C27H27IN8/c28-19-6-7-22-18(12-19)13-20(15-30-22)31-27-33-26(29)36(34-27)23-14-21(16-4-2-1-3-5-16)25-24(32-23)17-8-10-35(25)11-9-17/h1-5,13-15,17,19H,6-12H2,(H3,29,31,33,34). The second kappa shape index (κ2) is 8.72. The van der Waals surface area contributed by atoms with E-state index >= 15 is 0 Å². The number of anilines is 4. The molecule has 4 aromatic rings. The van der Waals surface area contributed by atoms with Crippen LogP contribution in [0.4, 0.5) is 23.3 Å². The monoisotopic (exact) mass is 590 g/mol. The molecule has 1 aromatic carbocycles. The molecule has 6 heterocycles. The molecule has 0 amide bonds. The van der Waals surface area contributed by atoms with E-state index in [0.717, 1.165) is 50.2 Å². The van der Waals surface area contributed by atoms with Crippen LogP contribution in [0.5, 0.6) is 0 Å². The summed E-state index contributed by atoms with van der Waals surface area (Å²) in [6.45, 7) is 2.18. The van der Waals surface area contributed by atoms with E-state index in [1.165, 1.54) is 34.5 Å². The van der Waals surface area contributed by atoms with Gasteiger partial charge in [0, 0.05) is 34.2 Å². The van der Waals surface area contributed by atoms with Crippen LogP contribution in [-0.2, 0) is 12.8 Å². The van der Waals surface area contributed by atoms with Gasteiger partial charge in [0.1, 0.15) is 0 Å². The van der Waals surface area contributed by atoms with Crippen LogP contribution in [-0.4, -0.2) is 41.7 Å². The Balaban J connectivity index is 1.27. The Bertz CT molecular complexity index is 1440. The zero-order valence-electron chi connectivity index (χ0n) is 19.9. The molecule has 36 heavy (non-hydrogen) atoms. The summed E-state index contributed by atoms with van der Waals surface area (Å²) < 4.78 is 2.31. The zero-order valence-corrected chi connectivity index (χ0v) is 22.0. The minimum Gasteiger partial charge on any atom is -0.370 e. The van der Waals surface area contributed by atoms with Gasteiger partial charge in [0.05, 0.1) is 23.3 Å². The summed E-state index contributed by atoms with van der Waals surface area (Å²) in [7, 11) is 0. The van der Waals surface area contributed by atoms with Crippen molar-refractivity contribution in [1.82, 2.24) is 24.7 Å². The molecule has 182 valence electrons. The Kier molecular flexibility index (Phi) is 5.33. The lowest BCUT2D eigenvalue weighted by molar-refractivity contribution is 0.463. The fourth-order valence-corrected chi connectivity index (χ4v) is 6.59. The molecule has 2 bridgehead atoms.